The molecule has 1 N–H and O–H groups in total. The summed E-state index contributed by atoms with van der Waals surface area (Å²) in [5, 5.41) is 7.57. The van der Waals surface area contributed by atoms with Crippen molar-refractivity contribution in [1.29, 1.82) is 0 Å². The molecule has 0 saturated carbocycles. The second kappa shape index (κ2) is 8.20. The van der Waals surface area contributed by atoms with Gasteiger partial charge in [0.15, 0.2) is 5.82 Å². The number of piperidine rings is 1. The molecule has 1 aliphatic rings. The van der Waals surface area contributed by atoms with Crippen LogP contribution in [-0.4, -0.2) is 42.6 Å². The highest BCUT2D eigenvalue weighted by Gasteiger charge is 2.21. The lowest BCUT2D eigenvalue weighted by atomic mass is 10.1. The highest BCUT2D eigenvalue weighted by atomic mass is 16.5. The van der Waals surface area contributed by atoms with Gasteiger partial charge in [-0.2, -0.15) is 5.10 Å². The number of aromatic amines is 1. The Morgan fingerprint density at radius 1 is 1.17 bits per heavy atom. The third-order valence-corrected chi connectivity index (χ3v) is 4.42. The Morgan fingerprint density at radius 3 is 2.58 bits per heavy atom. The SMILES string of the molecule is CC(C)c1cc(N2CCC(OCCOc3ccccc3)CC2)n[nH]1. The first-order chi connectivity index (χ1) is 11.7. The number of H-pyrrole nitrogens is 1. The van der Waals surface area contributed by atoms with Gasteiger partial charge in [0, 0.05) is 24.8 Å². The van der Waals surface area contributed by atoms with Gasteiger partial charge in [0.25, 0.3) is 0 Å². The van der Waals surface area contributed by atoms with Crippen molar-refractivity contribution in [3.05, 3.63) is 42.1 Å². The number of nitrogens with zero attached hydrogens (tertiary/aromatic N) is 2. The number of para-hydroxylation sites is 1. The number of hydrogen-bond acceptors (Lipinski definition) is 4. The normalized spacial score (nSPS) is 15.9. The Hall–Kier alpha value is -2.01. The van der Waals surface area contributed by atoms with E-state index in [2.05, 4.69) is 35.0 Å². The van der Waals surface area contributed by atoms with Crippen LogP contribution in [0, 0.1) is 0 Å². The van der Waals surface area contributed by atoms with Crippen LogP contribution in [0.2, 0.25) is 0 Å². The third-order valence-electron chi connectivity index (χ3n) is 4.42. The molecule has 2 aromatic rings. The molecule has 24 heavy (non-hydrogen) atoms. The van der Waals surface area contributed by atoms with Crippen molar-refractivity contribution in [2.75, 3.05) is 31.2 Å². The number of nitrogens with one attached hydrogen (secondary N) is 1. The Labute approximate surface area is 144 Å². The van der Waals surface area contributed by atoms with Gasteiger partial charge in [0.1, 0.15) is 12.4 Å². The van der Waals surface area contributed by atoms with E-state index in [0.29, 0.717) is 25.2 Å². The summed E-state index contributed by atoms with van der Waals surface area (Å²) in [6.07, 6.45) is 2.40. The summed E-state index contributed by atoms with van der Waals surface area (Å²) in [5.41, 5.74) is 1.20. The van der Waals surface area contributed by atoms with Gasteiger partial charge in [-0.1, -0.05) is 32.0 Å². The van der Waals surface area contributed by atoms with Crippen molar-refractivity contribution in [1.82, 2.24) is 10.2 Å². The van der Waals surface area contributed by atoms with E-state index in [1.165, 1.54) is 5.69 Å². The maximum Gasteiger partial charge on any atom is 0.150 e. The highest BCUT2D eigenvalue weighted by molar-refractivity contribution is 5.40. The Balaban J connectivity index is 1.36. The summed E-state index contributed by atoms with van der Waals surface area (Å²) in [7, 11) is 0. The molecule has 0 unspecified atom stereocenters. The van der Waals surface area contributed by atoms with Crippen LogP contribution in [0.5, 0.6) is 5.75 Å². The molecular weight excluding hydrogens is 302 g/mol. The van der Waals surface area contributed by atoms with Crippen LogP contribution >= 0.6 is 0 Å². The zero-order chi connectivity index (χ0) is 16.8. The van der Waals surface area contributed by atoms with Crippen LogP contribution in [0.3, 0.4) is 0 Å². The maximum absolute atomic E-state index is 5.95. The second-order valence-corrected chi connectivity index (χ2v) is 6.55. The molecule has 0 bridgehead atoms. The summed E-state index contributed by atoms with van der Waals surface area (Å²) < 4.78 is 11.6. The molecule has 5 heteroatoms. The Morgan fingerprint density at radius 2 is 1.92 bits per heavy atom. The van der Waals surface area contributed by atoms with Crippen LogP contribution in [0.1, 0.15) is 38.3 Å². The van der Waals surface area contributed by atoms with Crippen LogP contribution in [0.4, 0.5) is 5.82 Å². The monoisotopic (exact) mass is 329 g/mol. The molecular formula is C19H27N3O2. The van der Waals surface area contributed by atoms with E-state index >= 15 is 0 Å². The van der Waals surface area contributed by atoms with Gasteiger partial charge in [-0.25, -0.2) is 0 Å². The Kier molecular flexibility index (Phi) is 5.75. The van der Waals surface area contributed by atoms with Gasteiger partial charge in [0.05, 0.1) is 12.7 Å². The molecule has 0 aliphatic carbocycles. The number of anilines is 1. The quantitative estimate of drug-likeness (QED) is 0.789. The van der Waals surface area contributed by atoms with Crippen molar-refractivity contribution in [3.63, 3.8) is 0 Å². The summed E-state index contributed by atoms with van der Waals surface area (Å²) in [4.78, 5) is 2.34. The lowest BCUT2D eigenvalue weighted by Crippen LogP contribution is -2.37. The van der Waals surface area contributed by atoms with E-state index in [0.717, 1.165) is 37.5 Å². The number of rotatable bonds is 7. The largest absolute Gasteiger partial charge is 0.491 e. The van der Waals surface area contributed by atoms with Crippen molar-refractivity contribution < 1.29 is 9.47 Å². The van der Waals surface area contributed by atoms with E-state index in [-0.39, 0.29) is 0 Å². The maximum atomic E-state index is 5.95. The van der Waals surface area contributed by atoms with Gasteiger partial charge in [-0.15, -0.1) is 0 Å². The average molecular weight is 329 g/mol. The standard InChI is InChI=1S/C19H27N3O2/c1-15(2)18-14-19(21-20-18)22-10-8-17(9-11-22)24-13-12-23-16-6-4-3-5-7-16/h3-7,14-15,17H,8-13H2,1-2H3,(H,20,21). The fraction of sp³-hybridized carbons (Fsp3) is 0.526. The molecule has 130 valence electrons. The molecule has 2 heterocycles. The second-order valence-electron chi connectivity index (χ2n) is 6.55. The topological polar surface area (TPSA) is 50.4 Å². The zero-order valence-corrected chi connectivity index (χ0v) is 14.6. The van der Waals surface area contributed by atoms with Crippen LogP contribution in [-0.2, 0) is 4.74 Å². The first-order valence-corrected chi connectivity index (χ1v) is 8.82. The number of aromatic nitrogens is 2. The van der Waals surface area contributed by atoms with E-state index in [1.807, 2.05) is 30.3 Å². The predicted molar refractivity (Wildman–Crippen MR) is 95.8 cm³/mol. The molecule has 0 amide bonds. The molecule has 3 rings (SSSR count). The van der Waals surface area contributed by atoms with Gasteiger partial charge in [0.2, 0.25) is 0 Å². The van der Waals surface area contributed by atoms with Gasteiger partial charge >= 0.3 is 0 Å². The lowest BCUT2D eigenvalue weighted by molar-refractivity contribution is 0.0202. The van der Waals surface area contributed by atoms with Crippen molar-refractivity contribution in [2.45, 2.75) is 38.7 Å². The van der Waals surface area contributed by atoms with Crippen LogP contribution in [0.15, 0.2) is 36.4 Å². The molecule has 0 atom stereocenters. The van der Waals surface area contributed by atoms with Crippen LogP contribution < -0.4 is 9.64 Å². The lowest BCUT2D eigenvalue weighted by Gasteiger charge is -2.31. The van der Waals surface area contributed by atoms with Gasteiger partial charge in [-0.05, 0) is 30.9 Å². The van der Waals surface area contributed by atoms with Crippen molar-refractivity contribution >= 4 is 5.82 Å². The van der Waals surface area contributed by atoms with Crippen molar-refractivity contribution in [2.24, 2.45) is 0 Å². The summed E-state index contributed by atoms with van der Waals surface area (Å²) >= 11 is 0. The minimum absolute atomic E-state index is 0.323. The molecule has 1 aromatic heterocycles. The Bertz CT molecular complexity index is 604. The zero-order valence-electron chi connectivity index (χ0n) is 14.6. The van der Waals surface area contributed by atoms with E-state index in [9.17, 15) is 0 Å². The third kappa shape index (κ3) is 4.51. The fourth-order valence-electron chi connectivity index (χ4n) is 2.93. The molecule has 1 aromatic carbocycles. The number of hydrogen-bond donors (Lipinski definition) is 1. The van der Waals surface area contributed by atoms with Gasteiger partial charge in [-0.3, -0.25) is 5.10 Å². The summed E-state index contributed by atoms with van der Waals surface area (Å²) in [6, 6.07) is 12.0. The van der Waals surface area contributed by atoms with Gasteiger partial charge < -0.3 is 14.4 Å². The molecule has 0 spiro atoms. The van der Waals surface area contributed by atoms with E-state index in [1.54, 1.807) is 0 Å². The molecule has 1 aliphatic heterocycles. The fourth-order valence-corrected chi connectivity index (χ4v) is 2.93. The van der Waals surface area contributed by atoms with E-state index in [4.69, 9.17) is 9.47 Å². The summed E-state index contributed by atoms with van der Waals surface area (Å²) in [6.45, 7) is 7.57. The smallest absolute Gasteiger partial charge is 0.150 e. The number of benzene rings is 1. The molecule has 1 fully saturated rings. The van der Waals surface area contributed by atoms with E-state index < -0.39 is 0 Å². The molecule has 5 nitrogen and oxygen atoms in total. The predicted octanol–water partition coefficient (Wildman–Crippen LogP) is 3.60. The first-order valence-electron chi connectivity index (χ1n) is 8.82. The molecule has 0 radical (unpaired) electrons. The number of ether oxygens (including phenoxy) is 2. The van der Waals surface area contributed by atoms with Crippen LogP contribution in [0.25, 0.3) is 0 Å². The minimum Gasteiger partial charge on any atom is -0.491 e. The summed E-state index contributed by atoms with van der Waals surface area (Å²) in [5.74, 6) is 2.44. The minimum atomic E-state index is 0.323. The highest BCUT2D eigenvalue weighted by Crippen LogP contribution is 2.22. The van der Waals surface area contributed by atoms with Crippen molar-refractivity contribution in [3.8, 4) is 5.75 Å². The molecule has 1 saturated heterocycles. The first kappa shape index (κ1) is 16.8. The average Bonchev–Trinajstić information content (AvgIpc) is 3.11.